The average molecular weight is 438 g/mol. The number of aromatic nitrogens is 1. The minimum absolute atomic E-state index is 0.275. The van der Waals surface area contributed by atoms with Crippen molar-refractivity contribution in [1.29, 1.82) is 5.26 Å². The summed E-state index contributed by atoms with van der Waals surface area (Å²) in [6, 6.07) is 17.5. The lowest BCUT2D eigenvalue weighted by Gasteiger charge is -2.15. The first-order valence-electron chi connectivity index (χ1n) is 9.05. The van der Waals surface area contributed by atoms with E-state index in [1.807, 2.05) is 6.07 Å². The number of pyridine rings is 1. The summed E-state index contributed by atoms with van der Waals surface area (Å²) >= 11 is 5.06. The molecular formula is C21H16ClN5O2S. The standard InChI is InChI=1S/C21H16ClN5O2S/c22-19-7-4-16(11-18(19)20-8-1-14(12-23)13-24-20)26-21(28)15-2-5-17(6-3-15)27-10-9-25-30(27)29/h1-8,11,13,25H,9-10H2,(H,26,28). The first-order valence-corrected chi connectivity index (χ1v) is 10.5. The number of nitrogens with zero attached hydrogens (tertiary/aromatic N) is 3. The Morgan fingerprint density at radius 1 is 1.20 bits per heavy atom. The molecule has 1 saturated heterocycles. The quantitative estimate of drug-likeness (QED) is 0.652. The van der Waals surface area contributed by atoms with Crippen molar-refractivity contribution in [3.63, 3.8) is 0 Å². The Labute approximate surface area is 181 Å². The highest BCUT2D eigenvalue weighted by Gasteiger charge is 2.20. The molecule has 2 aromatic carbocycles. The van der Waals surface area contributed by atoms with Gasteiger partial charge in [-0.15, -0.1) is 0 Å². The number of hydrogen-bond acceptors (Lipinski definition) is 4. The molecule has 0 bridgehead atoms. The second-order valence-electron chi connectivity index (χ2n) is 6.49. The molecule has 1 fully saturated rings. The van der Waals surface area contributed by atoms with Crippen molar-refractivity contribution in [3.05, 3.63) is 76.9 Å². The molecule has 3 aromatic rings. The molecule has 0 radical (unpaired) electrons. The van der Waals surface area contributed by atoms with Crippen LogP contribution in [0, 0.1) is 11.3 Å². The number of carbonyl (C=O) groups excluding carboxylic acids is 1. The van der Waals surface area contributed by atoms with Crippen molar-refractivity contribution < 1.29 is 9.00 Å². The van der Waals surface area contributed by atoms with Crippen LogP contribution in [0.1, 0.15) is 15.9 Å². The van der Waals surface area contributed by atoms with E-state index in [9.17, 15) is 9.00 Å². The molecule has 1 unspecified atom stereocenters. The van der Waals surface area contributed by atoms with Gasteiger partial charge in [0.1, 0.15) is 6.07 Å². The Morgan fingerprint density at radius 2 is 2.00 bits per heavy atom. The SMILES string of the molecule is N#Cc1ccc(-c2cc(NC(=O)c3ccc(N4CCNS4=O)cc3)ccc2Cl)nc1. The number of anilines is 2. The van der Waals surface area contributed by atoms with Gasteiger partial charge in [-0.2, -0.15) is 5.26 Å². The van der Waals surface area contributed by atoms with Crippen LogP contribution >= 0.6 is 11.6 Å². The predicted molar refractivity (Wildman–Crippen MR) is 117 cm³/mol. The van der Waals surface area contributed by atoms with Crippen LogP contribution in [0.3, 0.4) is 0 Å². The molecule has 0 aliphatic carbocycles. The largest absolute Gasteiger partial charge is 0.322 e. The molecule has 7 nitrogen and oxygen atoms in total. The molecule has 1 aromatic heterocycles. The molecule has 2 N–H and O–H groups in total. The van der Waals surface area contributed by atoms with Gasteiger partial charge in [0.2, 0.25) is 0 Å². The minimum Gasteiger partial charge on any atom is -0.322 e. The van der Waals surface area contributed by atoms with Gasteiger partial charge >= 0.3 is 0 Å². The third-order valence-electron chi connectivity index (χ3n) is 4.55. The van der Waals surface area contributed by atoms with E-state index < -0.39 is 11.2 Å². The molecule has 9 heteroatoms. The van der Waals surface area contributed by atoms with E-state index in [2.05, 4.69) is 15.0 Å². The molecule has 0 saturated carbocycles. The van der Waals surface area contributed by atoms with E-state index in [-0.39, 0.29) is 5.91 Å². The highest BCUT2D eigenvalue weighted by Crippen LogP contribution is 2.29. The summed E-state index contributed by atoms with van der Waals surface area (Å²) < 4.78 is 16.5. The second-order valence-corrected chi connectivity index (χ2v) is 8.12. The highest BCUT2D eigenvalue weighted by molar-refractivity contribution is 7.84. The molecule has 2 heterocycles. The Balaban J connectivity index is 1.52. The molecule has 150 valence electrons. The Bertz CT molecular complexity index is 1160. The number of benzene rings is 2. The zero-order chi connectivity index (χ0) is 21.1. The van der Waals surface area contributed by atoms with Gasteiger partial charge in [-0.1, -0.05) is 11.6 Å². The fraction of sp³-hybridized carbons (Fsp3) is 0.0952. The normalized spacial score (nSPS) is 15.6. The fourth-order valence-corrected chi connectivity index (χ4v) is 4.23. The number of rotatable bonds is 4. The Hall–Kier alpha value is -3.25. The second kappa shape index (κ2) is 8.63. The monoisotopic (exact) mass is 437 g/mol. The lowest BCUT2D eigenvalue weighted by Crippen LogP contribution is -2.22. The molecular weight excluding hydrogens is 422 g/mol. The molecule has 0 spiro atoms. The number of nitrogens with one attached hydrogen (secondary N) is 2. The van der Waals surface area contributed by atoms with E-state index in [0.29, 0.717) is 46.2 Å². The predicted octanol–water partition coefficient (Wildman–Crippen LogP) is 3.51. The number of hydrogen-bond donors (Lipinski definition) is 2. The van der Waals surface area contributed by atoms with Crippen molar-refractivity contribution in [2.75, 3.05) is 22.7 Å². The van der Waals surface area contributed by atoms with Crippen LogP contribution in [0.15, 0.2) is 60.8 Å². The Morgan fingerprint density at radius 3 is 2.63 bits per heavy atom. The van der Waals surface area contributed by atoms with Crippen molar-refractivity contribution in [2.45, 2.75) is 0 Å². The number of nitriles is 1. The average Bonchev–Trinajstić information content (AvgIpc) is 3.21. The first kappa shape index (κ1) is 20.0. The van der Waals surface area contributed by atoms with E-state index in [4.69, 9.17) is 16.9 Å². The molecule has 1 aliphatic rings. The number of halogens is 1. The van der Waals surface area contributed by atoms with Gasteiger partial charge in [0.05, 0.1) is 22.0 Å². The summed E-state index contributed by atoms with van der Waals surface area (Å²) in [4.78, 5) is 16.9. The van der Waals surface area contributed by atoms with Crippen LogP contribution in [-0.4, -0.2) is 28.2 Å². The third-order valence-corrected chi connectivity index (χ3v) is 6.13. The van der Waals surface area contributed by atoms with Gasteiger partial charge in [0.15, 0.2) is 11.2 Å². The van der Waals surface area contributed by atoms with Crippen LogP contribution in [0.2, 0.25) is 5.02 Å². The minimum atomic E-state index is -1.24. The van der Waals surface area contributed by atoms with Crippen molar-refractivity contribution in [2.24, 2.45) is 0 Å². The summed E-state index contributed by atoms with van der Waals surface area (Å²) in [6.07, 6.45) is 1.47. The maximum absolute atomic E-state index is 12.6. The molecule has 1 atom stereocenters. The van der Waals surface area contributed by atoms with Gasteiger partial charge in [0, 0.05) is 36.1 Å². The van der Waals surface area contributed by atoms with Crippen molar-refractivity contribution in [1.82, 2.24) is 9.71 Å². The van der Waals surface area contributed by atoms with E-state index >= 15 is 0 Å². The van der Waals surface area contributed by atoms with Gasteiger partial charge in [-0.25, -0.2) is 8.93 Å². The maximum Gasteiger partial charge on any atom is 0.255 e. The van der Waals surface area contributed by atoms with Crippen LogP contribution in [0.25, 0.3) is 11.3 Å². The summed E-state index contributed by atoms with van der Waals surface area (Å²) in [5.41, 5.74) is 3.54. The van der Waals surface area contributed by atoms with E-state index in [1.54, 1.807) is 58.9 Å². The molecule has 1 aliphatic heterocycles. The first-order chi connectivity index (χ1) is 14.5. The third kappa shape index (κ3) is 4.19. The molecule has 1 amide bonds. The van der Waals surface area contributed by atoms with Gasteiger partial charge in [-0.05, 0) is 54.6 Å². The maximum atomic E-state index is 12.6. The lowest BCUT2D eigenvalue weighted by atomic mass is 10.1. The zero-order valence-corrected chi connectivity index (χ0v) is 17.2. The molecule has 4 rings (SSSR count). The lowest BCUT2D eigenvalue weighted by molar-refractivity contribution is 0.102. The zero-order valence-electron chi connectivity index (χ0n) is 15.6. The highest BCUT2D eigenvalue weighted by atomic mass is 35.5. The summed E-state index contributed by atoms with van der Waals surface area (Å²) in [7, 11) is 0. The van der Waals surface area contributed by atoms with E-state index in [1.165, 1.54) is 6.20 Å². The summed E-state index contributed by atoms with van der Waals surface area (Å²) in [5.74, 6) is -0.275. The van der Waals surface area contributed by atoms with Crippen LogP contribution in [0.4, 0.5) is 11.4 Å². The fourth-order valence-electron chi connectivity index (χ4n) is 3.02. The van der Waals surface area contributed by atoms with Gasteiger partial charge in [0.25, 0.3) is 5.91 Å². The van der Waals surface area contributed by atoms with E-state index in [0.717, 1.165) is 5.69 Å². The number of amides is 1. The topological polar surface area (TPSA) is 98.1 Å². The van der Waals surface area contributed by atoms with Gasteiger partial charge < -0.3 is 5.32 Å². The van der Waals surface area contributed by atoms with Crippen molar-refractivity contribution >= 4 is 40.1 Å². The molecule has 30 heavy (non-hydrogen) atoms. The van der Waals surface area contributed by atoms with Crippen molar-refractivity contribution in [3.8, 4) is 17.3 Å². The summed E-state index contributed by atoms with van der Waals surface area (Å²) in [5, 5.41) is 12.3. The van der Waals surface area contributed by atoms with Gasteiger partial charge in [-0.3, -0.25) is 14.1 Å². The van der Waals surface area contributed by atoms with Crippen LogP contribution in [-0.2, 0) is 11.2 Å². The number of carbonyl (C=O) groups is 1. The summed E-state index contributed by atoms with van der Waals surface area (Å²) in [6.45, 7) is 1.30. The van der Waals surface area contributed by atoms with Crippen LogP contribution in [0.5, 0.6) is 0 Å². The Kier molecular flexibility index (Phi) is 5.77. The van der Waals surface area contributed by atoms with Crippen LogP contribution < -0.4 is 14.3 Å². The smallest absolute Gasteiger partial charge is 0.255 e.